The van der Waals surface area contributed by atoms with Crippen LogP contribution >= 0.6 is 15.9 Å². The van der Waals surface area contributed by atoms with Crippen molar-refractivity contribution in [1.29, 1.82) is 0 Å². The largest absolute Gasteiger partial charge is 0.416 e. The molecule has 1 aliphatic heterocycles. The standard InChI is InChI=1S/C16H19BrF3NO4/c17-10-3-4-12(13(6-10)16(18,19)20)14(7-22)21-15(23)9-24-8-11-2-1-5-25-11/h3-4,6,11,14,22H,1-2,5,7-9H2,(H,21,23)/t11-,14+/m0/s1. The molecule has 25 heavy (non-hydrogen) atoms. The molecule has 0 aromatic heterocycles. The van der Waals surface area contributed by atoms with Crippen LogP contribution in [0.1, 0.15) is 30.0 Å². The van der Waals surface area contributed by atoms with Gasteiger partial charge in [-0.2, -0.15) is 13.2 Å². The van der Waals surface area contributed by atoms with E-state index in [9.17, 15) is 23.1 Å². The first kappa shape index (κ1) is 20.2. The quantitative estimate of drug-likeness (QED) is 0.704. The summed E-state index contributed by atoms with van der Waals surface area (Å²) in [6, 6.07) is 2.38. The van der Waals surface area contributed by atoms with Crippen LogP contribution in [-0.4, -0.2) is 43.5 Å². The van der Waals surface area contributed by atoms with E-state index >= 15 is 0 Å². The number of amides is 1. The molecule has 0 aliphatic carbocycles. The van der Waals surface area contributed by atoms with Gasteiger partial charge in [0.2, 0.25) is 5.91 Å². The average molecular weight is 426 g/mol. The molecule has 2 rings (SSSR count). The van der Waals surface area contributed by atoms with E-state index in [0.29, 0.717) is 6.61 Å². The van der Waals surface area contributed by atoms with Crippen molar-refractivity contribution < 1.29 is 32.5 Å². The second-order valence-electron chi connectivity index (χ2n) is 5.68. The van der Waals surface area contributed by atoms with E-state index in [4.69, 9.17) is 9.47 Å². The normalized spacial score (nSPS) is 19.0. The van der Waals surface area contributed by atoms with Crippen LogP contribution in [0.15, 0.2) is 22.7 Å². The average Bonchev–Trinajstić information content (AvgIpc) is 3.05. The van der Waals surface area contributed by atoms with Crippen LogP contribution in [-0.2, 0) is 20.4 Å². The molecule has 1 aliphatic rings. The first-order valence-corrected chi connectivity index (χ1v) is 8.56. The summed E-state index contributed by atoms with van der Waals surface area (Å²) in [4.78, 5) is 11.9. The van der Waals surface area contributed by atoms with Gasteiger partial charge in [-0.05, 0) is 30.5 Å². The monoisotopic (exact) mass is 425 g/mol. The van der Waals surface area contributed by atoms with Crippen LogP contribution < -0.4 is 5.32 Å². The third-order valence-electron chi connectivity index (χ3n) is 3.77. The van der Waals surface area contributed by atoms with Crippen molar-refractivity contribution in [2.45, 2.75) is 31.2 Å². The summed E-state index contributed by atoms with van der Waals surface area (Å²) in [5, 5.41) is 11.8. The fraction of sp³-hybridized carbons (Fsp3) is 0.562. The number of aliphatic hydroxyl groups excluding tert-OH is 1. The number of aliphatic hydroxyl groups is 1. The Morgan fingerprint density at radius 1 is 1.48 bits per heavy atom. The van der Waals surface area contributed by atoms with Crippen molar-refractivity contribution in [1.82, 2.24) is 5.32 Å². The Morgan fingerprint density at radius 2 is 2.24 bits per heavy atom. The smallest absolute Gasteiger partial charge is 0.394 e. The van der Waals surface area contributed by atoms with E-state index < -0.39 is 30.3 Å². The lowest BCUT2D eigenvalue weighted by Crippen LogP contribution is -2.35. The number of nitrogens with one attached hydrogen (secondary N) is 1. The van der Waals surface area contributed by atoms with Gasteiger partial charge in [-0.15, -0.1) is 0 Å². The van der Waals surface area contributed by atoms with Gasteiger partial charge < -0.3 is 19.9 Å². The van der Waals surface area contributed by atoms with Gasteiger partial charge >= 0.3 is 6.18 Å². The fourth-order valence-electron chi connectivity index (χ4n) is 2.59. The van der Waals surface area contributed by atoms with Crippen molar-refractivity contribution in [3.05, 3.63) is 33.8 Å². The molecule has 1 aromatic rings. The van der Waals surface area contributed by atoms with Gasteiger partial charge in [0, 0.05) is 11.1 Å². The number of halogens is 4. The Balaban J connectivity index is 1.98. The fourth-order valence-corrected chi connectivity index (χ4v) is 2.96. The Bertz CT molecular complexity index is 591. The Morgan fingerprint density at radius 3 is 2.84 bits per heavy atom. The predicted octanol–water partition coefficient (Wildman–Crippen LogP) is 2.81. The highest BCUT2D eigenvalue weighted by molar-refractivity contribution is 9.10. The summed E-state index contributed by atoms with van der Waals surface area (Å²) in [6.45, 7) is -0.0592. The molecule has 5 nitrogen and oxygen atoms in total. The van der Waals surface area contributed by atoms with Crippen molar-refractivity contribution >= 4 is 21.8 Å². The van der Waals surface area contributed by atoms with Crippen LogP contribution in [0.4, 0.5) is 13.2 Å². The van der Waals surface area contributed by atoms with E-state index in [0.717, 1.165) is 18.9 Å². The molecule has 0 bridgehead atoms. The lowest BCUT2D eigenvalue weighted by molar-refractivity contribution is -0.139. The molecule has 1 heterocycles. The zero-order valence-corrected chi connectivity index (χ0v) is 14.9. The zero-order valence-electron chi connectivity index (χ0n) is 13.3. The van der Waals surface area contributed by atoms with Crippen molar-refractivity contribution in [2.24, 2.45) is 0 Å². The summed E-state index contributed by atoms with van der Waals surface area (Å²) in [6.07, 6.45) is -2.86. The highest BCUT2D eigenvalue weighted by Crippen LogP contribution is 2.36. The van der Waals surface area contributed by atoms with E-state index in [1.807, 2.05) is 0 Å². The molecular formula is C16H19BrF3NO4. The van der Waals surface area contributed by atoms with Crippen molar-refractivity contribution in [2.75, 3.05) is 26.4 Å². The molecule has 1 aromatic carbocycles. The van der Waals surface area contributed by atoms with E-state index in [-0.39, 0.29) is 29.4 Å². The predicted molar refractivity (Wildman–Crippen MR) is 86.9 cm³/mol. The molecular weight excluding hydrogens is 407 g/mol. The van der Waals surface area contributed by atoms with Gasteiger partial charge in [0.15, 0.2) is 0 Å². The van der Waals surface area contributed by atoms with Crippen molar-refractivity contribution in [3.8, 4) is 0 Å². The van der Waals surface area contributed by atoms with Gasteiger partial charge in [-0.25, -0.2) is 0 Å². The van der Waals surface area contributed by atoms with Crippen LogP contribution in [0, 0.1) is 0 Å². The SMILES string of the molecule is O=C(COC[C@@H]1CCCO1)N[C@H](CO)c1ccc(Br)cc1C(F)(F)F. The van der Waals surface area contributed by atoms with E-state index in [1.54, 1.807) is 0 Å². The summed E-state index contributed by atoms with van der Waals surface area (Å²) >= 11 is 3.00. The molecule has 0 unspecified atom stereocenters. The maximum atomic E-state index is 13.2. The summed E-state index contributed by atoms with van der Waals surface area (Å²) in [7, 11) is 0. The van der Waals surface area contributed by atoms with Crippen LogP contribution in [0.3, 0.4) is 0 Å². The lowest BCUT2D eigenvalue weighted by Gasteiger charge is -2.21. The first-order chi connectivity index (χ1) is 11.8. The maximum absolute atomic E-state index is 13.2. The molecule has 2 atom stereocenters. The molecule has 1 fully saturated rings. The number of carbonyl (C=O) groups excluding carboxylic acids is 1. The minimum absolute atomic E-state index is 0.0512. The highest BCUT2D eigenvalue weighted by atomic mass is 79.9. The zero-order chi connectivity index (χ0) is 18.4. The third-order valence-corrected chi connectivity index (χ3v) is 4.27. The summed E-state index contributed by atoms with van der Waals surface area (Å²) in [5.74, 6) is -0.604. The van der Waals surface area contributed by atoms with E-state index in [1.165, 1.54) is 12.1 Å². The number of hydrogen-bond acceptors (Lipinski definition) is 4. The van der Waals surface area contributed by atoms with Gasteiger partial charge in [-0.3, -0.25) is 4.79 Å². The van der Waals surface area contributed by atoms with Crippen LogP contribution in [0.25, 0.3) is 0 Å². The van der Waals surface area contributed by atoms with E-state index in [2.05, 4.69) is 21.2 Å². The number of benzene rings is 1. The second kappa shape index (κ2) is 8.98. The van der Waals surface area contributed by atoms with Crippen LogP contribution in [0.5, 0.6) is 0 Å². The highest BCUT2D eigenvalue weighted by Gasteiger charge is 2.35. The molecule has 0 radical (unpaired) electrons. The van der Waals surface area contributed by atoms with Gasteiger partial charge in [0.05, 0.1) is 30.9 Å². The van der Waals surface area contributed by atoms with Gasteiger partial charge in [-0.1, -0.05) is 22.0 Å². The van der Waals surface area contributed by atoms with Crippen LogP contribution in [0.2, 0.25) is 0 Å². The molecule has 140 valence electrons. The minimum Gasteiger partial charge on any atom is -0.394 e. The number of carbonyl (C=O) groups is 1. The molecule has 0 saturated carbocycles. The molecule has 2 N–H and O–H groups in total. The summed E-state index contributed by atoms with van der Waals surface area (Å²) < 4.78 is 50.4. The Hall–Kier alpha value is -1.16. The third kappa shape index (κ3) is 5.95. The molecule has 1 saturated heterocycles. The van der Waals surface area contributed by atoms with Gasteiger partial charge in [0.1, 0.15) is 6.61 Å². The van der Waals surface area contributed by atoms with Crippen molar-refractivity contribution in [3.63, 3.8) is 0 Å². The molecule has 1 amide bonds. The summed E-state index contributed by atoms with van der Waals surface area (Å²) in [5.41, 5.74) is -1.12. The maximum Gasteiger partial charge on any atom is 0.416 e. The number of rotatable bonds is 7. The number of ether oxygens (including phenoxy) is 2. The topological polar surface area (TPSA) is 67.8 Å². The minimum atomic E-state index is -4.60. The number of alkyl halides is 3. The second-order valence-corrected chi connectivity index (χ2v) is 6.60. The number of hydrogen-bond donors (Lipinski definition) is 2. The van der Waals surface area contributed by atoms with Gasteiger partial charge in [0.25, 0.3) is 0 Å². The molecule has 0 spiro atoms. The Kier molecular flexibility index (Phi) is 7.24. The first-order valence-electron chi connectivity index (χ1n) is 7.77. The lowest BCUT2D eigenvalue weighted by atomic mass is 10.00. The Labute approximate surface area is 151 Å². The molecule has 9 heteroatoms.